The first-order valence-corrected chi connectivity index (χ1v) is 7.88. The lowest BCUT2D eigenvalue weighted by molar-refractivity contribution is 0.411. The van der Waals surface area contributed by atoms with Gasteiger partial charge in [-0.05, 0) is 52.2 Å². The molecule has 0 heterocycles. The van der Waals surface area contributed by atoms with Crippen molar-refractivity contribution in [2.24, 2.45) is 5.84 Å². The maximum absolute atomic E-state index is 14.0. The number of halogens is 3. The number of ether oxygens (including phenoxy) is 1. The Morgan fingerprint density at radius 3 is 2.57 bits per heavy atom. The summed E-state index contributed by atoms with van der Waals surface area (Å²) in [6.45, 7) is 0. The van der Waals surface area contributed by atoms with Crippen LogP contribution in [0.5, 0.6) is 5.75 Å². The highest BCUT2D eigenvalue weighted by molar-refractivity contribution is 9.10. The molecule has 0 aliphatic carbocycles. The minimum absolute atomic E-state index is 0.292. The van der Waals surface area contributed by atoms with Crippen LogP contribution in [0.15, 0.2) is 45.3 Å². The number of methoxy groups -OCH3 is 1. The highest BCUT2D eigenvalue weighted by atomic mass is 79.9. The Morgan fingerprint density at radius 2 is 2.00 bits per heavy atom. The summed E-state index contributed by atoms with van der Waals surface area (Å²) in [6.07, 6.45) is 0.554. The van der Waals surface area contributed by atoms with E-state index in [0.29, 0.717) is 16.5 Å². The van der Waals surface area contributed by atoms with Gasteiger partial charge in [0.2, 0.25) is 0 Å². The molecule has 3 nitrogen and oxygen atoms in total. The topological polar surface area (TPSA) is 47.3 Å². The van der Waals surface area contributed by atoms with E-state index in [4.69, 9.17) is 10.6 Å². The highest BCUT2D eigenvalue weighted by Gasteiger charge is 2.18. The van der Waals surface area contributed by atoms with E-state index in [1.807, 2.05) is 18.2 Å². The third-order valence-corrected chi connectivity index (χ3v) is 4.52. The van der Waals surface area contributed by atoms with Crippen molar-refractivity contribution >= 4 is 31.9 Å². The number of hydrogen-bond donors (Lipinski definition) is 2. The Balaban J connectivity index is 2.29. The Bertz CT molecular complexity index is 617. The van der Waals surface area contributed by atoms with E-state index >= 15 is 0 Å². The summed E-state index contributed by atoms with van der Waals surface area (Å²) in [7, 11) is 1.61. The summed E-state index contributed by atoms with van der Waals surface area (Å²) in [4.78, 5) is 0. The molecule has 2 aromatic carbocycles. The van der Waals surface area contributed by atoms with Crippen LogP contribution in [-0.2, 0) is 6.42 Å². The van der Waals surface area contributed by atoms with Crippen LogP contribution in [0.4, 0.5) is 4.39 Å². The van der Waals surface area contributed by atoms with Crippen LogP contribution in [0.3, 0.4) is 0 Å². The Labute approximate surface area is 139 Å². The molecule has 0 spiro atoms. The summed E-state index contributed by atoms with van der Waals surface area (Å²) in [6, 6.07) is 10.3. The molecular formula is C15H15Br2FN2O. The van der Waals surface area contributed by atoms with Gasteiger partial charge in [0.25, 0.3) is 0 Å². The lowest BCUT2D eigenvalue weighted by Gasteiger charge is -2.19. The van der Waals surface area contributed by atoms with Crippen LogP contribution >= 0.6 is 31.9 Å². The second-order valence-electron chi connectivity index (χ2n) is 4.53. The number of rotatable bonds is 5. The first-order chi connectivity index (χ1) is 10.1. The fourth-order valence-corrected chi connectivity index (χ4v) is 3.37. The van der Waals surface area contributed by atoms with Crippen molar-refractivity contribution in [2.45, 2.75) is 12.5 Å². The molecule has 6 heteroatoms. The molecule has 3 N–H and O–H groups in total. The van der Waals surface area contributed by atoms with E-state index < -0.39 is 0 Å². The molecule has 0 amide bonds. The Kier molecular flexibility index (Phi) is 5.75. The molecular weight excluding hydrogens is 403 g/mol. The van der Waals surface area contributed by atoms with E-state index in [1.165, 1.54) is 6.07 Å². The van der Waals surface area contributed by atoms with Crippen molar-refractivity contribution in [1.82, 2.24) is 5.43 Å². The zero-order valence-corrected chi connectivity index (χ0v) is 14.5. The van der Waals surface area contributed by atoms with Gasteiger partial charge in [-0.2, -0.15) is 0 Å². The molecule has 1 unspecified atom stereocenters. The lowest BCUT2D eigenvalue weighted by atomic mass is 9.99. The van der Waals surface area contributed by atoms with Crippen LogP contribution < -0.4 is 16.0 Å². The largest absolute Gasteiger partial charge is 0.496 e. The SMILES string of the molecule is COc1ccc(CC(NN)c2c(F)cccc2Br)cc1Br. The van der Waals surface area contributed by atoms with Crippen molar-refractivity contribution in [2.75, 3.05) is 7.11 Å². The standard InChI is InChI=1S/C15H15Br2FN2O/c1-21-14-6-5-9(7-11(14)17)8-13(20-19)15-10(16)3-2-4-12(15)18/h2-7,13,20H,8,19H2,1H3. The molecule has 0 bridgehead atoms. The highest BCUT2D eigenvalue weighted by Crippen LogP contribution is 2.31. The van der Waals surface area contributed by atoms with Gasteiger partial charge in [-0.1, -0.05) is 28.1 Å². The Hall–Kier alpha value is -0.950. The van der Waals surface area contributed by atoms with Gasteiger partial charge in [-0.3, -0.25) is 11.3 Å². The number of hydrogen-bond acceptors (Lipinski definition) is 3. The van der Waals surface area contributed by atoms with Crippen molar-refractivity contribution in [3.05, 3.63) is 62.3 Å². The zero-order chi connectivity index (χ0) is 15.4. The van der Waals surface area contributed by atoms with E-state index in [-0.39, 0.29) is 11.9 Å². The van der Waals surface area contributed by atoms with Gasteiger partial charge in [0.15, 0.2) is 0 Å². The molecule has 0 aliphatic rings. The number of nitrogens with one attached hydrogen (secondary N) is 1. The quantitative estimate of drug-likeness (QED) is 0.568. The number of nitrogens with two attached hydrogens (primary N) is 1. The zero-order valence-electron chi connectivity index (χ0n) is 11.4. The average molecular weight is 418 g/mol. The van der Waals surface area contributed by atoms with Gasteiger partial charge in [0.05, 0.1) is 17.6 Å². The number of hydrazine groups is 1. The van der Waals surface area contributed by atoms with E-state index in [2.05, 4.69) is 37.3 Å². The van der Waals surface area contributed by atoms with Gasteiger partial charge in [-0.25, -0.2) is 4.39 Å². The lowest BCUT2D eigenvalue weighted by Crippen LogP contribution is -2.30. The van der Waals surface area contributed by atoms with Crippen molar-refractivity contribution in [3.63, 3.8) is 0 Å². The normalized spacial score (nSPS) is 12.2. The second kappa shape index (κ2) is 7.35. The molecule has 21 heavy (non-hydrogen) atoms. The fraction of sp³-hybridized carbons (Fsp3) is 0.200. The van der Waals surface area contributed by atoms with Crippen LogP contribution in [0.2, 0.25) is 0 Å². The molecule has 0 radical (unpaired) electrons. The third kappa shape index (κ3) is 3.83. The monoisotopic (exact) mass is 416 g/mol. The minimum atomic E-state index is -0.333. The fourth-order valence-electron chi connectivity index (χ4n) is 2.16. The first kappa shape index (κ1) is 16.4. The molecule has 0 aromatic heterocycles. The molecule has 2 aromatic rings. The second-order valence-corrected chi connectivity index (χ2v) is 6.24. The van der Waals surface area contributed by atoms with Gasteiger partial charge in [0.1, 0.15) is 11.6 Å². The molecule has 0 saturated carbocycles. The Morgan fingerprint density at radius 1 is 1.24 bits per heavy atom. The predicted molar refractivity (Wildman–Crippen MR) is 88.6 cm³/mol. The first-order valence-electron chi connectivity index (χ1n) is 6.29. The summed E-state index contributed by atoms with van der Waals surface area (Å²) in [5.41, 5.74) is 4.21. The molecule has 0 saturated heterocycles. The van der Waals surface area contributed by atoms with E-state index in [0.717, 1.165) is 15.8 Å². The molecule has 112 valence electrons. The summed E-state index contributed by atoms with van der Waals surface area (Å²) in [5.74, 6) is 6.07. The molecule has 1 atom stereocenters. The molecule has 2 rings (SSSR count). The van der Waals surface area contributed by atoms with Gasteiger partial charge >= 0.3 is 0 Å². The van der Waals surface area contributed by atoms with Crippen LogP contribution in [0, 0.1) is 5.82 Å². The van der Waals surface area contributed by atoms with Crippen LogP contribution in [-0.4, -0.2) is 7.11 Å². The van der Waals surface area contributed by atoms with Gasteiger partial charge in [-0.15, -0.1) is 0 Å². The molecule has 0 aliphatic heterocycles. The maximum atomic E-state index is 14.0. The van der Waals surface area contributed by atoms with Crippen molar-refractivity contribution in [1.29, 1.82) is 0 Å². The summed E-state index contributed by atoms with van der Waals surface area (Å²) in [5, 5.41) is 0. The van der Waals surface area contributed by atoms with Gasteiger partial charge < -0.3 is 4.74 Å². The minimum Gasteiger partial charge on any atom is -0.496 e. The average Bonchev–Trinajstić information content (AvgIpc) is 2.46. The smallest absolute Gasteiger partial charge is 0.133 e. The molecule has 0 fully saturated rings. The van der Waals surface area contributed by atoms with Crippen LogP contribution in [0.1, 0.15) is 17.2 Å². The van der Waals surface area contributed by atoms with E-state index in [1.54, 1.807) is 19.2 Å². The summed E-state index contributed by atoms with van der Waals surface area (Å²) >= 11 is 6.82. The van der Waals surface area contributed by atoms with E-state index in [9.17, 15) is 4.39 Å². The predicted octanol–water partition coefficient (Wildman–Crippen LogP) is 4.11. The van der Waals surface area contributed by atoms with Gasteiger partial charge in [0, 0.05) is 10.0 Å². The third-order valence-electron chi connectivity index (χ3n) is 3.21. The maximum Gasteiger partial charge on any atom is 0.133 e. The number of benzene rings is 2. The summed E-state index contributed by atoms with van der Waals surface area (Å²) < 4.78 is 20.8. The van der Waals surface area contributed by atoms with Crippen molar-refractivity contribution < 1.29 is 9.13 Å². The van der Waals surface area contributed by atoms with Crippen LogP contribution in [0.25, 0.3) is 0 Å². The van der Waals surface area contributed by atoms with Crippen molar-refractivity contribution in [3.8, 4) is 5.75 Å².